The molecule has 0 radical (unpaired) electrons. The third-order valence-electron chi connectivity index (χ3n) is 6.67. The third kappa shape index (κ3) is 4.00. The Bertz CT molecular complexity index is 1600. The van der Waals surface area contributed by atoms with Gasteiger partial charge in [0.25, 0.3) is 5.78 Å². The zero-order chi connectivity index (χ0) is 26.4. The molecule has 0 bridgehead atoms. The first-order chi connectivity index (χ1) is 17.7. The van der Waals surface area contributed by atoms with Crippen LogP contribution in [0.1, 0.15) is 33.9 Å². The maximum absolute atomic E-state index is 13.5. The maximum atomic E-state index is 13.5. The number of imidazole rings is 1. The lowest BCUT2D eigenvalue weighted by atomic mass is 9.93. The molecule has 1 aromatic heterocycles. The second-order valence-electron chi connectivity index (χ2n) is 9.18. The first kappa shape index (κ1) is 24.1. The topological polar surface area (TPSA) is 105 Å². The van der Waals surface area contributed by atoms with Gasteiger partial charge < -0.3 is 19.6 Å². The fourth-order valence-corrected chi connectivity index (χ4v) is 4.75. The molecule has 1 aliphatic heterocycles. The molecular formula is C29H27N3O5. The lowest BCUT2D eigenvalue weighted by Crippen LogP contribution is -2.30. The lowest BCUT2D eigenvalue weighted by molar-refractivity contribution is -0.132. The van der Waals surface area contributed by atoms with Crippen molar-refractivity contribution in [2.24, 2.45) is 0 Å². The minimum Gasteiger partial charge on any atom is -0.507 e. The minimum absolute atomic E-state index is 0.0254. The van der Waals surface area contributed by atoms with Crippen molar-refractivity contribution < 1.29 is 24.2 Å². The number of benzene rings is 3. The van der Waals surface area contributed by atoms with Crippen LogP contribution < -0.4 is 14.4 Å². The van der Waals surface area contributed by atoms with Gasteiger partial charge >= 0.3 is 5.91 Å². The molecule has 188 valence electrons. The van der Waals surface area contributed by atoms with Crippen LogP contribution in [0.15, 0.2) is 60.2 Å². The van der Waals surface area contributed by atoms with E-state index in [0.29, 0.717) is 28.1 Å². The highest BCUT2D eigenvalue weighted by molar-refractivity contribution is 6.51. The zero-order valence-electron chi connectivity index (χ0n) is 21.2. The van der Waals surface area contributed by atoms with Gasteiger partial charge in [0, 0.05) is 5.56 Å². The number of carbonyl (C=O) groups excluding carboxylic acids is 2. The number of anilines is 1. The van der Waals surface area contributed by atoms with Gasteiger partial charge in [0.05, 0.1) is 36.9 Å². The number of aliphatic hydroxyl groups excluding tert-OH is 1. The predicted octanol–water partition coefficient (Wildman–Crippen LogP) is 5.13. The number of methoxy groups -OCH3 is 2. The Morgan fingerprint density at radius 2 is 1.62 bits per heavy atom. The van der Waals surface area contributed by atoms with Crippen LogP contribution >= 0.6 is 0 Å². The quantitative estimate of drug-likeness (QED) is 0.225. The van der Waals surface area contributed by atoms with Gasteiger partial charge in [-0.3, -0.25) is 14.5 Å². The van der Waals surface area contributed by atoms with Crippen molar-refractivity contribution in [2.45, 2.75) is 26.8 Å². The molecule has 0 aliphatic carbocycles. The monoisotopic (exact) mass is 497 g/mol. The highest BCUT2D eigenvalue weighted by Gasteiger charge is 2.48. The zero-order valence-corrected chi connectivity index (χ0v) is 21.2. The molecule has 1 aliphatic rings. The van der Waals surface area contributed by atoms with Crippen molar-refractivity contribution in [2.75, 3.05) is 19.1 Å². The standard InChI is InChI=1S/C29H27N3O5/c1-15-6-8-17(3)19(12-15)26(33)24-25(18-9-11-22(36-4)23(14-18)37-5)32(28(35)27(24)34)29-30-20-10-7-16(2)13-21(20)31-29/h6-14,25,33H,1-5H3,(H,30,31)/b26-24+. The molecule has 0 spiro atoms. The summed E-state index contributed by atoms with van der Waals surface area (Å²) in [6.07, 6.45) is 0. The molecule has 1 amide bonds. The Kier molecular flexibility index (Phi) is 5.95. The number of amides is 1. The van der Waals surface area contributed by atoms with E-state index in [4.69, 9.17) is 9.47 Å². The van der Waals surface area contributed by atoms with Crippen molar-refractivity contribution in [3.8, 4) is 11.5 Å². The van der Waals surface area contributed by atoms with E-state index in [0.717, 1.165) is 22.2 Å². The number of hydrogen-bond acceptors (Lipinski definition) is 6. The van der Waals surface area contributed by atoms with Gasteiger partial charge in [-0.15, -0.1) is 0 Å². The van der Waals surface area contributed by atoms with E-state index in [-0.39, 0.29) is 17.3 Å². The van der Waals surface area contributed by atoms with Crippen molar-refractivity contribution in [3.05, 3.63) is 88.0 Å². The fourth-order valence-electron chi connectivity index (χ4n) is 4.75. The Labute approximate surface area is 214 Å². The SMILES string of the molecule is COc1ccc(C2/C(=C(\O)c3cc(C)ccc3C)C(=O)C(=O)N2c2nc3ccc(C)cc3[nH]2)cc1OC. The number of nitrogens with one attached hydrogen (secondary N) is 1. The predicted molar refractivity (Wildman–Crippen MR) is 141 cm³/mol. The van der Waals surface area contributed by atoms with Crippen LogP contribution in [0.4, 0.5) is 5.95 Å². The molecule has 1 saturated heterocycles. The van der Waals surface area contributed by atoms with Crippen LogP contribution in [0.2, 0.25) is 0 Å². The number of carbonyl (C=O) groups is 2. The molecular weight excluding hydrogens is 470 g/mol. The van der Waals surface area contributed by atoms with E-state index >= 15 is 0 Å². The molecule has 0 saturated carbocycles. The summed E-state index contributed by atoms with van der Waals surface area (Å²) in [5, 5.41) is 11.5. The number of aryl methyl sites for hydroxylation is 3. The Morgan fingerprint density at radius 1 is 0.919 bits per heavy atom. The van der Waals surface area contributed by atoms with Crippen molar-refractivity contribution in [1.29, 1.82) is 0 Å². The number of nitrogens with zero attached hydrogens (tertiary/aromatic N) is 2. The normalized spacial score (nSPS) is 17.0. The van der Waals surface area contributed by atoms with Crippen LogP contribution in [0, 0.1) is 20.8 Å². The van der Waals surface area contributed by atoms with Gasteiger partial charge in [0.15, 0.2) is 11.5 Å². The number of hydrogen-bond donors (Lipinski definition) is 2. The van der Waals surface area contributed by atoms with Crippen LogP contribution in [0.3, 0.4) is 0 Å². The molecule has 3 aromatic carbocycles. The molecule has 5 rings (SSSR count). The highest BCUT2D eigenvalue weighted by atomic mass is 16.5. The molecule has 8 nitrogen and oxygen atoms in total. The number of aromatic nitrogens is 2. The number of aliphatic hydroxyl groups is 1. The van der Waals surface area contributed by atoms with E-state index in [9.17, 15) is 14.7 Å². The highest BCUT2D eigenvalue weighted by Crippen LogP contribution is 2.44. The van der Waals surface area contributed by atoms with Gasteiger partial charge in [0.1, 0.15) is 5.76 Å². The molecule has 2 heterocycles. The number of ketones is 1. The number of ether oxygens (including phenoxy) is 2. The number of aromatic amines is 1. The average Bonchev–Trinajstić information content (AvgIpc) is 3.42. The summed E-state index contributed by atoms with van der Waals surface area (Å²) in [6.45, 7) is 5.70. The third-order valence-corrected chi connectivity index (χ3v) is 6.67. The van der Waals surface area contributed by atoms with E-state index in [2.05, 4.69) is 9.97 Å². The van der Waals surface area contributed by atoms with Crippen LogP contribution in [0.25, 0.3) is 16.8 Å². The molecule has 2 N–H and O–H groups in total. The molecule has 8 heteroatoms. The van der Waals surface area contributed by atoms with E-state index in [1.165, 1.54) is 19.1 Å². The summed E-state index contributed by atoms with van der Waals surface area (Å²) in [5.74, 6) is -0.692. The van der Waals surface area contributed by atoms with Gasteiger partial charge in [-0.25, -0.2) is 4.98 Å². The summed E-state index contributed by atoms with van der Waals surface area (Å²) in [4.78, 5) is 36.1. The van der Waals surface area contributed by atoms with Crippen molar-refractivity contribution >= 4 is 34.4 Å². The number of H-pyrrole nitrogens is 1. The lowest BCUT2D eigenvalue weighted by Gasteiger charge is -2.24. The molecule has 1 unspecified atom stereocenters. The van der Waals surface area contributed by atoms with E-state index in [1.807, 2.05) is 51.1 Å². The largest absolute Gasteiger partial charge is 0.507 e. The number of rotatable bonds is 5. The van der Waals surface area contributed by atoms with Gasteiger partial charge in [-0.1, -0.05) is 29.8 Å². The smallest absolute Gasteiger partial charge is 0.302 e. The van der Waals surface area contributed by atoms with Crippen LogP contribution in [0.5, 0.6) is 11.5 Å². The first-order valence-corrected chi connectivity index (χ1v) is 11.8. The van der Waals surface area contributed by atoms with Gasteiger partial charge in [-0.05, 0) is 67.8 Å². The summed E-state index contributed by atoms with van der Waals surface area (Å²) in [6, 6.07) is 15.5. The van der Waals surface area contributed by atoms with Crippen LogP contribution in [-0.4, -0.2) is 41.0 Å². The molecule has 1 atom stereocenters. The summed E-state index contributed by atoms with van der Waals surface area (Å²) in [7, 11) is 3.04. The minimum atomic E-state index is -0.957. The van der Waals surface area contributed by atoms with Gasteiger partial charge in [0.2, 0.25) is 5.95 Å². The molecule has 4 aromatic rings. The van der Waals surface area contributed by atoms with Crippen molar-refractivity contribution in [3.63, 3.8) is 0 Å². The number of Topliss-reactive ketones (excluding diaryl/α,β-unsaturated/α-hetero) is 1. The summed E-state index contributed by atoms with van der Waals surface area (Å²) >= 11 is 0. The first-order valence-electron chi connectivity index (χ1n) is 11.8. The van der Waals surface area contributed by atoms with Crippen LogP contribution in [-0.2, 0) is 9.59 Å². The second-order valence-corrected chi connectivity index (χ2v) is 9.18. The Hall–Kier alpha value is -4.59. The van der Waals surface area contributed by atoms with E-state index < -0.39 is 17.7 Å². The second kappa shape index (κ2) is 9.13. The molecule has 37 heavy (non-hydrogen) atoms. The van der Waals surface area contributed by atoms with E-state index in [1.54, 1.807) is 24.3 Å². The molecule has 1 fully saturated rings. The average molecular weight is 498 g/mol. The Morgan fingerprint density at radius 3 is 2.35 bits per heavy atom. The summed E-state index contributed by atoms with van der Waals surface area (Å²) < 4.78 is 10.9. The number of fused-ring (bicyclic) bond motifs is 1. The van der Waals surface area contributed by atoms with Gasteiger partial charge in [-0.2, -0.15) is 0 Å². The Balaban J connectivity index is 1.77. The maximum Gasteiger partial charge on any atom is 0.302 e. The fraction of sp³-hybridized carbons (Fsp3) is 0.207. The van der Waals surface area contributed by atoms with Crippen molar-refractivity contribution in [1.82, 2.24) is 9.97 Å². The summed E-state index contributed by atoms with van der Waals surface area (Å²) in [5.41, 5.74) is 5.12.